The summed E-state index contributed by atoms with van der Waals surface area (Å²) >= 11 is 0. The number of carbonyl (C=O) groups is 1. The third-order valence-corrected chi connectivity index (χ3v) is 5.49. The number of aryl methyl sites for hydroxylation is 2. The fourth-order valence-corrected chi connectivity index (χ4v) is 3.96. The van der Waals surface area contributed by atoms with Crippen LogP contribution in [0.4, 0.5) is 10.2 Å². The van der Waals surface area contributed by atoms with Gasteiger partial charge < -0.3 is 10.6 Å². The van der Waals surface area contributed by atoms with Gasteiger partial charge in [-0.1, -0.05) is 6.92 Å². The maximum Gasteiger partial charge on any atom is 0.252 e. The number of aromatic nitrogens is 4. The summed E-state index contributed by atoms with van der Waals surface area (Å²) in [6, 6.07) is 5.70. The number of halogens is 1. The van der Waals surface area contributed by atoms with Gasteiger partial charge in [-0.2, -0.15) is 0 Å². The Labute approximate surface area is 180 Å². The number of nitrogens with zero attached hydrogens (tertiary/aromatic N) is 4. The molecule has 2 aromatic heterocycles. The summed E-state index contributed by atoms with van der Waals surface area (Å²) in [6.07, 6.45) is 8.41. The van der Waals surface area contributed by atoms with Gasteiger partial charge in [-0.05, 0) is 56.9 Å². The lowest BCUT2D eigenvalue weighted by atomic mass is 10.0. The summed E-state index contributed by atoms with van der Waals surface area (Å²) in [7, 11) is 0. The minimum Gasteiger partial charge on any atom is -0.364 e. The molecule has 0 unspecified atom stereocenters. The standard InChI is InChI=1S/C23H25FN6O/c1-3-18-22(27-13-14(2)28-18)29-19-6-4-7-20(19)30-23(31)17-12-15(24)8-9-16(17)21-25-10-5-11-26-21/h5,8-13,19-20H,3-4,6-7H2,1-2H3,(H,27,29)(H,30,31)/t19-,20-/m0/s1. The Morgan fingerprint density at radius 2 is 1.94 bits per heavy atom. The van der Waals surface area contributed by atoms with Crippen LogP contribution >= 0.6 is 0 Å². The van der Waals surface area contributed by atoms with E-state index in [9.17, 15) is 9.18 Å². The average Bonchev–Trinajstić information content (AvgIpc) is 3.21. The topological polar surface area (TPSA) is 92.7 Å². The molecule has 0 spiro atoms. The van der Waals surface area contributed by atoms with E-state index in [0.717, 1.165) is 42.9 Å². The highest BCUT2D eigenvalue weighted by molar-refractivity contribution is 6.00. The molecule has 4 rings (SSSR count). The van der Waals surface area contributed by atoms with Crippen LogP contribution in [-0.4, -0.2) is 37.9 Å². The number of hydrogen-bond donors (Lipinski definition) is 2. The third-order valence-electron chi connectivity index (χ3n) is 5.49. The van der Waals surface area contributed by atoms with E-state index in [1.165, 1.54) is 12.1 Å². The normalized spacial score (nSPS) is 18.0. The van der Waals surface area contributed by atoms with Crippen LogP contribution in [0, 0.1) is 12.7 Å². The Balaban J connectivity index is 1.54. The van der Waals surface area contributed by atoms with E-state index in [4.69, 9.17) is 0 Å². The van der Waals surface area contributed by atoms with Crippen molar-refractivity contribution in [3.05, 3.63) is 65.6 Å². The minimum absolute atomic E-state index is 0.0243. The Hall–Kier alpha value is -3.42. The van der Waals surface area contributed by atoms with Crippen LogP contribution in [-0.2, 0) is 6.42 Å². The molecule has 160 valence electrons. The maximum absolute atomic E-state index is 14.0. The van der Waals surface area contributed by atoms with Gasteiger partial charge in [0.05, 0.1) is 23.1 Å². The van der Waals surface area contributed by atoms with E-state index in [-0.39, 0.29) is 23.6 Å². The van der Waals surface area contributed by atoms with Crippen LogP contribution in [0.5, 0.6) is 0 Å². The van der Waals surface area contributed by atoms with Crippen LogP contribution in [0.1, 0.15) is 47.9 Å². The van der Waals surface area contributed by atoms with Gasteiger partial charge in [-0.25, -0.2) is 19.3 Å². The quantitative estimate of drug-likeness (QED) is 0.632. The zero-order chi connectivity index (χ0) is 21.8. The van der Waals surface area contributed by atoms with E-state index >= 15 is 0 Å². The van der Waals surface area contributed by atoms with Crippen molar-refractivity contribution < 1.29 is 9.18 Å². The van der Waals surface area contributed by atoms with Crippen LogP contribution in [0.3, 0.4) is 0 Å². The molecule has 1 aliphatic carbocycles. The van der Waals surface area contributed by atoms with Crippen molar-refractivity contribution in [1.29, 1.82) is 0 Å². The van der Waals surface area contributed by atoms with Gasteiger partial charge >= 0.3 is 0 Å². The molecule has 1 saturated carbocycles. The highest BCUT2D eigenvalue weighted by Gasteiger charge is 2.30. The monoisotopic (exact) mass is 420 g/mol. The molecule has 2 N–H and O–H groups in total. The lowest BCUT2D eigenvalue weighted by molar-refractivity contribution is 0.0936. The second-order valence-corrected chi connectivity index (χ2v) is 7.68. The van der Waals surface area contributed by atoms with Gasteiger partial charge in [0.1, 0.15) is 11.6 Å². The number of hydrogen-bond acceptors (Lipinski definition) is 6. The van der Waals surface area contributed by atoms with Crippen molar-refractivity contribution in [3.8, 4) is 11.4 Å². The predicted octanol–water partition coefficient (Wildman–Crippen LogP) is 3.71. The number of nitrogens with one attached hydrogen (secondary N) is 2. The molecule has 1 amide bonds. The first-order chi connectivity index (χ1) is 15.0. The second kappa shape index (κ2) is 9.16. The predicted molar refractivity (Wildman–Crippen MR) is 116 cm³/mol. The van der Waals surface area contributed by atoms with Crippen LogP contribution in [0.25, 0.3) is 11.4 Å². The molecule has 1 fully saturated rings. The molecule has 0 bridgehead atoms. The van der Waals surface area contributed by atoms with Gasteiger partial charge in [-0.3, -0.25) is 9.78 Å². The smallest absolute Gasteiger partial charge is 0.252 e. The van der Waals surface area contributed by atoms with Crippen molar-refractivity contribution >= 4 is 11.7 Å². The molecule has 0 radical (unpaired) electrons. The van der Waals surface area contributed by atoms with Crippen LogP contribution < -0.4 is 10.6 Å². The number of carbonyl (C=O) groups excluding carboxylic acids is 1. The van der Waals surface area contributed by atoms with E-state index in [0.29, 0.717) is 11.4 Å². The van der Waals surface area contributed by atoms with Crippen molar-refractivity contribution in [2.24, 2.45) is 0 Å². The third kappa shape index (κ3) is 4.68. The number of rotatable bonds is 6. The molecule has 3 aromatic rings. The molecule has 2 atom stereocenters. The van der Waals surface area contributed by atoms with Crippen LogP contribution in [0.15, 0.2) is 42.9 Å². The second-order valence-electron chi connectivity index (χ2n) is 7.68. The lowest BCUT2D eigenvalue weighted by Gasteiger charge is -2.24. The number of benzene rings is 1. The highest BCUT2D eigenvalue weighted by atomic mass is 19.1. The number of amides is 1. The van der Waals surface area contributed by atoms with Gasteiger partial charge in [0.2, 0.25) is 0 Å². The Bertz CT molecular complexity index is 1070. The van der Waals surface area contributed by atoms with Crippen molar-refractivity contribution in [2.75, 3.05) is 5.32 Å². The fraction of sp³-hybridized carbons (Fsp3) is 0.348. The molecule has 0 saturated heterocycles. The SMILES string of the molecule is CCc1nc(C)cnc1N[C@H]1CCC[C@@H]1NC(=O)c1cc(F)ccc1-c1ncccn1. The van der Waals surface area contributed by atoms with E-state index in [1.807, 2.05) is 13.8 Å². The van der Waals surface area contributed by atoms with Gasteiger partial charge in [-0.15, -0.1) is 0 Å². The summed E-state index contributed by atoms with van der Waals surface area (Å²) in [5, 5.41) is 6.54. The molecular weight excluding hydrogens is 395 g/mol. The Kier molecular flexibility index (Phi) is 6.16. The summed E-state index contributed by atoms with van der Waals surface area (Å²) in [5.41, 5.74) is 2.51. The van der Waals surface area contributed by atoms with E-state index in [1.54, 1.807) is 30.7 Å². The molecular formula is C23H25FN6O. The zero-order valence-corrected chi connectivity index (χ0v) is 17.6. The molecule has 7 nitrogen and oxygen atoms in total. The minimum atomic E-state index is -0.478. The zero-order valence-electron chi connectivity index (χ0n) is 17.6. The van der Waals surface area contributed by atoms with Gasteiger partial charge in [0, 0.05) is 30.0 Å². The molecule has 1 aromatic carbocycles. The molecule has 31 heavy (non-hydrogen) atoms. The molecule has 2 heterocycles. The van der Waals surface area contributed by atoms with Crippen molar-refractivity contribution in [2.45, 2.75) is 51.6 Å². The maximum atomic E-state index is 14.0. The summed E-state index contributed by atoms with van der Waals surface area (Å²) in [4.78, 5) is 30.6. The first-order valence-corrected chi connectivity index (χ1v) is 10.5. The summed E-state index contributed by atoms with van der Waals surface area (Å²) in [5.74, 6) is 0.319. The lowest BCUT2D eigenvalue weighted by Crippen LogP contribution is -2.43. The first kappa shape index (κ1) is 20.8. The largest absolute Gasteiger partial charge is 0.364 e. The van der Waals surface area contributed by atoms with E-state index < -0.39 is 5.82 Å². The Morgan fingerprint density at radius 1 is 1.16 bits per heavy atom. The van der Waals surface area contributed by atoms with Crippen molar-refractivity contribution in [1.82, 2.24) is 25.3 Å². The number of anilines is 1. The van der Waals surface area contributed by atoms with Gasteiger partial charge in [0.15, 0.2) is 5.82 Å². The van der Waals surface area contributed by atoms with Crippen molar-refractivity contribution in [3.63, 3.8) is 0 Å². The van der Waals surface area contributed by atoms with Gasteiger partial charge in [0.25, 0.3) is 5.91 Å². The molecule has 0 aliphatic heterocycles. The highest BCUT2D eigenvalue weighted by Crippen LogP contribution is 2.26. The van der Waals surface area contributed by atoms with E-state index in [2.05, 4.69) is 30.6 Å². The van der Waals surface area contributed by atoms with Crippen LogP contribution in [0.2, 0.25) is 0 Å². The molecule has 8 heteroatoms. The average molecular weight is 420 g/mol. The summed E-state index contributed by atoms with van der Waals surface area (Å²) in [6.45, 7) is 3.96. The Morgan fingerprint density at radius 3 is 2.71 bits per heavy atom. The molecule has 1 aliphatic rings. The summed E-state index contributed by atoms with van der Waals surface area (Å²) < 4.78 is 14.0. The first-order valence-electron chi connectivity index (χ1n) is 10.5. The fourth-order valence-electron chi connectivity index (χ4n) is 3.96.